The highest BCUT2D eigenvalue weighted by atomic mass is 14.9. The van der Waals surface area contributed by atoms with Crippen molar-refractivity contribution in [2.45, 2.75) is 12.8 Å². The van der Waals surface area contributed by atoms with E-state index in [0.29, 0.717) is 0 Å². The molecule has 0 radical (unpaired) electrons. The minimum atomic E-state index is 1.17. The van der Waals surface area contributed by atoms with Crippen LogP contribution >= 0.6 is 0 Å². The highest BCUT2D eigenvalue weighted by Crippen LogP contribution is 2.33. The number of fused-ring (bicyclic) bond motifs is 3. The van der Waals surface area contributed by atoms with Gasteiger partial charge in [-0.05, 0) is 49.2 Å². The highest BCUT2D eigenvalue weighted by molar-refractivity contribution is 5.86. The molecule has 2 heterocycles. The summed E-state index contributed by atoms with van der Waals surface area (Å²) in [6.45, 7) is 2.50. The number of hydrogen-bond donors (Lipinski definition) is 2. The number of anilines is 1. The average molecular weight is 264 g/mol. The first kappa shape index (κ1) is 12.9. The number of para-hydroxylation sites is 1. The Hall–Kier alpha value is -2.06. The predicted octanol–water partition coefficient (Wildman–Crippen LogP) is 4.12. The zero-order valence-electron chi connectivity index (χ0n) is 11.6. The van der Waals surface area contributed by atoms with Crippen LogP contribution < -0.4 is 10.6 Å². The first-order valence-corrected chi connectivity index (χ1v) is 7.27. The second kappa shape index (κ2) is 6.40. The van der Waals surface area contributed by atoms with Gasteiger partial charge in [-0.3, -0.25) is 0 Å². The van der Waals surface area contributed by atoms with Crippen molar-refractivity contribution >= 4 is 11.8 Å². The summed E-state index contributed by atoms with van der Waals surface area (Å²) in [5, 5.41) is 6.51. The van der Waals surface area contributed by atoms with Crippen molar-refractivity contribution in [3.63, 3.8) is 0 Å². The maximum Gasteiger partial charge on any atom is 0.0459 e. The van der Waals surface area contributed by atoms with Crippen molar-refractivity contribution in [1.29, 1.82) is 0 Å². The molecule has 4 rings (SSSR count). The zero-order valence-corrected chi connectivity index (χ0v) is 11.6. The topological polar surface area (TPSA) is 24.1 Å². The van der Waals surface area contributed by atoms with Crippen molar-refractivity contribution in [2.75, 3.05) is 18.4 Å². The molecule has 0 atom stereocenters. The molecule has 0 aromatic heterocycles. The molecule has 2 aliphatic rings. The number of benzene rings is 2. The monoisotopic (exact) mass is 264 g/mol. The van der Waals surface area contributed by atoms with E-state index in [9.17, 15) is 0 Å². The molecule has 20 heavy (non-hydrogen) atoms. The lowest BCUT2D eigenvalue weighted by atomic mass is 9.99. The van der Waals surface area contributed by atoms with Crippen LogP contribution in [0.1, 0.15) is 18.4 Å². The summed E-state index contributed by atoms with van der Waals surface area (Å²) in [5.41, 5.74) is 4.97. The van der Waals surface area contributed by atoms with Crippen LogP contribution in [0, 0.1) is 0 Å². The fourth-order valence-electron chi connectivity index (χ4n) is 2.58. The third-order valence-electron chi connectivity index (χ3n) is 3.64. The highest BCUT2D eigenvalue weighted by Gasteiger charge is 2.08. The fraction of sp³-hybridized carbons (Fsp3) is 0.222. The smallest absolute Gasteiger partial charge is 0.0459 e. The lowest BCUT2D eigenvalue weighted by Crippen LogP contribution is -2.03. The van der Waals surface area contributed by atoms with Crippen LogP contribution in [0.15, 0.2) is 54.7 Å². The first-order valence-electron chi connectivity index (χ1n) is 7.27. The van der Waals surface area contributed by atoms with Crippen LogP contribution in [0.3, 0.4) is 0 Å². The van der Waals surface area contributed by atoms with Gasteiger partial charge in [-0.1, -0.05) is 42.5 Å². The van der Waals surface area contributed by atoms with E-state index >= 15 is 0 Å². The molecule has 0 saturated carbocycles. The third-order valence-corrected chi connectivity index (χ3v) is 3.64. The fourth-order valence-corrected chi connectivity index (χ4v) is 2.58. The Labute approximate surface area is 120 Å². The number of hydrogen-bond acceptors (Lipinski definition) is 2. The Morgan fingerprint density at radius 3 is 2.20 bits per heavy atom. The molecule has 1 fully saturated rings. The summed E-state index contributed by atoms with van der Waals surface area (Å²) in [5.74, 6) is 0. The van der Waals surface area contributed by atoms with Gasteiger partial charge in [0.25, 0.3) is 0 Å². The summed E-state index contributed by atoms with van der Waals surface area (Å²) < 4.78 is 0. The van der Waals surface area contributed by atoms with E-state index in [-0.39, 0.29) is 0 Å². The van der Waals surface area contributed by atoms with E-state index in [0.717, 1.165) is 0 Å². The Morgan fingerprint density at radius 2 is 1.45 bits per heavy atom. The van der Waals surface area contributed by atoms with Gasteiger partial charge in [0.05, 0.1) is 0 Å². The van der Waals surface area contributed by atoms with E-state index in [1.807, 2.05) is 12.3 Å². The quantitative estimate of drug-likeness (QED) is 0.748. The largest absolute Gasteiger partial charge is 0.361 e. The average Bonchev–Trinajstić information content (AvgIpc) is 3.03. The number of rotatable bonds is 0. The molecule has 2 nitrogen and oxygen atoms in total. The van der Waals surface area contributed by atoms with Gasteiger partial charge in [0.2, 0.25) is 0 Å². The lowest BCUT2D eigenvalue weighted by molar-refractivity contribution is 0.857. The van der Waals surface area contributed by atoms with Gasteiger partial charge in [-0.25, -0.2) is 0 Å². The molecule has 0 amide bonds. The molecule has 2 N–H and O–H groups in total. The summed E-state index contributed by atoms with van der Waals surface area (Å²) in [6, 6.07) is 16.8. The molecule has 1 saturated heterocycles. The van der Waals surface area contributed by atoms with Crippen molar-refractivity contribution in [1.82, 2.24) is 5.32 Å². The van der Waals surface area contributed by atoms with Crippen LogP contribution in [-0.2, 0) is 0 Å². The molecule has 0 spiro atoms. The van der Waals surface area contributed by atoms with Crippen LogP contribution in [0.25, 0.3) is 17.2 Å². The standard InChI is InChI=1S/C14H11N.C4H9N/c1-2-6-12-11(5-1)9-10-15-14-8-4-3-7-13(12)14;1-2-4-5-3-1/h1-10,15H;5H,1-4H2. The van der Waals surface area contributed by atoms with Gasteiger partial charge in [0.1, 0.15) is 0 Å². The lowest BCUT2D eigenvalue weighted by Gasteiger charge is -2.08. The zero-order chi connectivity index (χ0) is 13.6. The second-order valence-electron chi connectivity index (χ2n) is 5.07. The Morgan fingerprint density at radius 1 is 0.750 bits per heavy atom. The van der Waals surface area contributed by atoms with E-state index in [4.69, 9.17) is 0 Å². The third kappa shape index (κ3) is 2.91. The van der Waals surface area contributed by atoms with Crippen LogP contribution in [0.2, 0.25) is 0 Å². The molecule has 2 heteroatoms. The Balaban J connectivity index is 0.000000205. The summed E-state index contributed by atoms with van der Waals surface area (Å²) >= 11 is 0. The SMILES string of the molecule is C1=Cc2ccccc2-c2ccccc2N1.C1CCNC1. The molecule has 2 aromatic rings. The van der Waals surface area contributed by atoms with Crippen molar-refractivity contribution in [2.24, 2.45) is 0 Å². The van der Waals surface area contributed by atoms with Crippen molar-refractivity contribution < 1.29 is 0 Å². The molecule has 102 valence electrons. The van der Waals surface area contributed by atoms with Gasteiger partial charge in [0.15, 0.2) is 0 Å². The van der Waals surface area contributed by atoms with Crippen molar-refractivity contribution in [3.8, 4) is 11.1 Å². The van der Waals surface area contributed by atoms with Gasteiger partial charge in [0, 0.05) is 17.5 Å². The van der Waals surface area contributed by atoms with Gasteiger partial charge in [-0.15, -0.1) is 0 Å². The van der Waals surface area contributed by atoms with E-state index in [1.165, 1.54) is 48.3 Å². The Kier molecular flexibility index (Phi) is 4.14. The van der Waals surface area contributed by atoms with Crippen LogP contribution in [-0.4, -0.2) is 13.1 Å². The summed E-state index contributed by atoms with van der Waals surface area (Å²) in [6.07, 6.45) is 6.88. The van der Waals surface area contributed by atoms with E-state index in [1.54, 1.807) is 0 Å². The normalized spacial score (nSPS) is 15.2. The summed E-state index contributed by atoms with van der Waals surface area (Å²) in [7, 11) is 0. The van der Waals surface area contributed by atoms with Crippen LogP contribution in [0.5, 0.6) is 0 Å². The minimum absolute atomic E-state index is 1.17. The second-order valence-corrected chi connectivity index (χ2v) is 5.07. The van der Waals surface area contributed by atoms with E-state index < -0.39 is 0 Å². The molecule has 0 unspecified atom stereocenters. The molecular formula is C18H20N2. The van der Waals surface area contributed by atoms with Crippen LogP contribution in [0.4, 0.5) is 5.69 Å². The van der Waals surface area contributed by atoms with Crippen molar-refractivity contribution in [3.05, 3.63) is 60.3 Å². The Bertz CT molecular complexity index is 590. The van der Waals surface area contributed by atoms with Gasteiger partial charge < -0.3 is 10.6 Å². The molecular weight excluding hydrogens is 244 g/mol. The maximum atomic E-state index is 3.29. The summed E-state index contributed by atoms with van der Waals surface area (Å²) in [4.78, 5) is 0. The number of nitrogens with one attached hydrogen (secondary N) is 2. The molecule has 2 aromatic carbocycles. The molecule has 0 aliphatic carbocycles. The minimum Gasteiger partial charge on any atom is -0.361 e. The first-order chi connectivity index (χ1) is 9.95. The molecule has 0 bridgehead atoms. The molecule has 2 aliphatic heterocycles. The van der Waals surface area contributed by atoms with Gasteiger partial charge >= 0.3 is 0 Å². The maximum absolute atomic E-state index is 3.29. The van der Waals surface area contributed by atoms with Gasteiger partial charge in [-0.2, -0.15) is 0 Å². The predicted molar refractivity (Wildman–Crippen MR) is 86.6 cm³/mol. The van der Waals surface area contributed by atoms with E-state index in [2.05, 4.69) is 59.2 Å².